The number of amides is 2. The summed E-state index contributed by atoms with van der Waals surface area (Å²) in [7, 11) is 1.54. The Morgan fingerprint density at radius 3 is 2.67 bits per heavy atom. The smallest absolute Gasteiger partial charge is 0.243 e. The highest BCUT2D eigenvalue weighted by molar-refractivity contribution is 5.88. The number of hydrogen-bond donors (Lipinski definition) is 1. The van der Waals surface area contributed by atoms with Crippen molar-refractivity contribution in [2.75, 3.05) is 7.11 Å². The Balaban J connectivity index is 1.64. The van der Waals surface area contributed by atoms with Gasteiger partial charge < -0.3 is 15.0 Å². The summed E-state index contributed by atoms with van der Waals surface area (Å²) in [6, 6.07) is 9.01. The van der Waals surface area contributed by atoms with Crippen molar-refractivity contribution in [1.29, 1.82) is 0 Å². The van der Waals surface area contributed by atoms with Gasteiger partial charge in [-0.1, -0.05) is 18.2 Å². The van der Waals surface area contributed by atoms with Gasteiger partial charge in [-0.3, -0.25) is 9.59 Å². The van der Waals surface area contributed by atoms with Crippen LogP contribution in [0.25, 0.3) is 0 Å². The van der Waals surface area contributed by atoms with Gasteiger partial charge in [0.2, 0.25) is 17.7 Å². The normalized spacial score (nSPS) is 16.9. The average Bonchev–Trinajstić information content (AvgIpc) is 2.69. The van der Waals surface area contributed by atoms with Crippen LogP contribution < -0.4 is 10.1 Å². The minimum atomic E-state index is -0.525. The topological polar surface area (TPSA) is 71.5 Å². The molecule has 2 heterocycles. The fourth-order valence-corrected chi connectivity index (χ4v) is 3.12. The number of likely N-dealkylation sites (tertiary alicyclic amines) is 1. The molecule has 1 aromatic carbocycles. The number of carbonyl (C=O) groups is 2. The van der Waals surface area contributed by atoms with E-state index in [1.807, 2.05) is 6.07 Å². The van der Waals surface area contributed by atoms with Crippen LogP contribution >= 0.6 is 0 Å². The molecule has 1 atom stereocenters. The first-order chi connectivity index (χ1) is 13.1. The maximum absolute atomic E-state index is 13.1. The molecule has 0 bridgehead atoms. The Bertz CT molecular complexity index is 793. The van der Waals surface area contributed by atoms with Crippen LogP contribution in [0, 0.1) is 5.82 Å². The molecule has 1 saturated heterocycles. The van der Waals surface area contributed by atoms with Gasteiger partial charge in [0.05, 0.1) is 7.11 Å². The fourth-order valence-electron chi connectivity index (χ4n) is 3.12. The van der Waals surface area contributed by atoms with E-state index in [2.05, 4.69) is 10.3 Å². The van der Waals surface area contributed by atoms with Gasteiger partial charge >= 0.3 is 0 Å². The number of pyridine rings is 1. The second-order valence-electron chi connectivity index (χ2n) is 6.48. The molecule has 1 N–H and O–H groups in total. The Morgan fingerprint density at radius 2 is 2.00 bits per heavy atom. The Kier molecular flexibility index (Phi) is 6.01. The number of nitrogens with one attached hydrogen (secondary N) is 1. The molecule has 0 radical (unpaired) electrons. The van der Waals surface area contributed by atoms with Crippen molar-refractivity contribution in [1.82, 2.24) is 15.2 Å². The van der Waals surface area contributed by atoms with Crippen molar-refractivity contribution >= 4 is 11.8 Å². The number of ether oxygens (including phenoxy) is 1. The molecular weight excluding hydrogens is 349 g/mol. The molecule has 1 aromatic heterocycles. The molecule has 0 aliphatic carbocycles. The first-order valence-corrected chi connectivity index (χ1v) is 8.87. The molecule has 1 fully saturated rings. The van der Waals surface area contributed by atoms with Crippen LogP contribution in [0.3, 0.4) is 0 Å². The van der Waals surface area contributed by atoms with E-state index < -0.39 is 6.04 Å². The predicted molar refractivity (Wildman–Crippen MR) is 97.2 cm³/mol. The Hall–Kier alpha value is -2.96. The third-order valence-corrected chi connectivity index (χ3v) is 4.61. The van der Waals surface area contributed by atoms with E-state index in [1.165, 1.54) is 12.1 Å². The monoisotopic (exact) mass is 371 g/mol. The maximum atomic E-state index is 13.1. The molecular formula is C20H22FN3O3. The number of nitrogens with zero attached hydrogens (tertiary/aromatic N) is 2. The molecule has 1 unspecified atom stereocenters. The molecule has 0 spiro atoms. The molecule has 1 aliphatic heterocycles. The lowest BCUT2D eigenvalue weighted by atomic mass is 9.99. The number of halogens is 1. The largest absolute Gasteiger partial charge is 0.481 e. The molecule has 2 aromatic rings. The molecule has 142 valence electrons. The first-order valence-electron chi connectivity index (χ1n) is 8.87. The second kappa shape index (κ2) is 8.62. The highest BCUT2D eigenvalue weighted by Gasteiger charge is 2.33. The second-order valence-corrected chi connectivity index (χ2v) is 6.48. The van der Waals surface area contributed by atoms with Gasteiger partial charge in [-0.05, 0) is 36.1 Å². The summed E-state index contributed by atoms with van der Waals surface area (Å²) < 4.78 is 18.1. The van der Waals surface area contributed by atoms with Gasteiger partial charge in [0.1, 0.15) is 11.9 Å². The summed E-state index contributed by atoms with van der Waals surface area (Å²) in [5.41, 5.74) is 1.64. The van der Waals surface area contributed by atoms with E-state index in [-0.39, 0.29) is 17.6 Å². The van der Waals surface area contributed by atoms with E-state index in [0.29, 0.717) is 38.2 Å². The molecule has 6 nitrogen and oxygen atoms in total. The highest BCUT2D eigenvalue weighted by Crippen LogP contribution is 2.21. The summed E-state index contributed by atoms with van der Waals surface area (Å²) in [4.78, 5) is 30.7. The van der Waals surface area contributed by atoms with Crippen LogP contribution in [0.15, 0.2) is 42.6 Å². The lowest BCUT2D eigenvalue weighted by Gasteiger charge is -2.34. The van der Waals surface area contributed by atoms with E-state index in [0.717, 1.165) is 11.1 Å². The summed E-state index contributed by atoms with van der Waals surface area (Å²) in [5, 5.41) is 2.88. The van der Waals surface area contributed by atoms with E-state index in [4.69, 9.17) is 4.74 Å². The van der Waals surface area contributed by atoms with Crippen molar-refractivity contribution in [2.24, 2.45) is 0 Å². The van der Waals surface area contributed by atoms with Crippen molar-refractivity contribution in [3.05, 3.63) is 59.5 Å². The van der Waals surface area contributed by atoms with Crippen LogP contribution in [0.1, 0.15) is 30.4 Å². The van der Waals surface area contributed by atoms with Crippen molar-refractivity contribution in [3.63, 3.8) is 0 Å². The quantitative estimate of drug-likeness (QED) is 0.847. The highest BCUT2D eigenvalue weighted by atomic mass is 19.1. The molecule has 3 rings (SSSR count). The molecule has 7 heteroatoms. The SMILES string of the molecule is COc1ccc(CNC(=O)C2CCCC(=O)N2Cc2ccc(F)cc2)cn1. The zero-order chi connectivity index (χ0) is 19.2. The Morgan fingerprint density at radius 1 is 1.26 bits per heavy atom. The van der Waals surface area contributed by atoms with Crippen molar-refractivity contribution < 1.29 is 18.7 Å². The third-order valence-electron chi connectivity index (χ3n) is 4.61. The summed E-state index contributed by atoms with van der Waals surface area (Å²) in [6.07, 6.45) is 3.36. The number of methoxy groups -OCH3 is 1. The summed E-state index contributed by atoms with van der Waals surface area (Å²) >= 11 is 0. The van der Waals surface area contributed by atoms with Crippen LogP contribution in [0.4, 0.5) is 4.39 Å². The van der Waals surface area contributed by atoms with Gasteiger partial charge in [0.15, 0.2) is 0 Å². The molecule has 0 saturated carbocycles. The minimum absolute atomic E-state index is 0.0585. The van der Waals surface area contributed by atoms with E-state index >= 15 is 0 Å². The fraction of sp³-hybridized carbons (Fsp3) is 0.350. The van der Waals surface area contributed by atoms with Gasteiger partial charge in [-0.2, -0.15) is 0 Å². The van der Waals surface area contributed by atoms with Gasteiger partial charge in [0, 0.05) is 31.8 Å². The van der Waals surface area contributed by atoms with E-state index in [9.17, 15) is 14.0 Å². The first kappa shape index (κ1) is 18.8. The number of benzene rings is 1. The lowest BCUT2D eigenvalue weighted by molar-refractivity contribution is -0.144. The summed E-state index contributed by atoms with van der Waals surface area (Å²) in [5.74, 6) is -0.0719. The van der Waals surface area contributed by atoms with Gasteiger partial charge in [0.25, 0.3) is 0 Å². The van der Waals surface area contributed by atoms with Crippen molar-refractivity contribution in [3.8, 4) is 5.88 Å². The van der Waals surface area contributed by atoms with Crippen LogP contribution in [-0.2, 0) is 22.7 Å². The average molecular weight is 371 g/mol. The van der Waals surface area contributed by atoms with Gasteiger partial charge in [-0.15, -0.1) is 0 Å². The summed E-state index contributed by atoms with van der Waals surface area (Å²) in [6.45, 7) is 0.617. The Labute approximate surface area is 157 Å². The lowest BCUT2D eigenvalue weighted by Crippen LogP contribution is -2.51. The number of rotatable bonds is 6. The number of hydrogen-bond acceptors (Lipinski definition) is 4. The van der Waals surface area contributed by atoms with Gasteiger partial charge in [-0.25, -0.2) is 9.37 Å². The van der Waals surface area contributed by atoms with Crippen molar-refractivity contribution in [2.45, 2.75) is 38.4 Å². The third kappa shape index (κ3) is 4.81. The standard InChI is InChI=1S/C20H22FN3O3/c1-27-18-10-7-15(11-22-18)12-23-20(26)17-3-2-4-19(25)24(17)13-14-5-8-16(21)9-6-14/h5-11,17H,2-4,12-13H2,1H3,(H,23,26). The zero-order valence-electron chi connectivity index (χ0n) is 15.2. The predicted octanol–water partition coefficient (Wildman–Crippen LogP) is 2.43. The van der Waals surface area contributed by atoms with Crippen LogP contribution in [-0.4, -0.2) is 34.8 Å². The minimum Gasteiger partial charge on any atom is -0.481 e. The van der Waals surface area contributed by atoms with Crippen LogP contribution in [0.2, 0.25) is 0 Å². The van der Waals surface area contributed by atoms with Crippen LogP contribution in [0.5, 0.6) is 5.88 Å². The maximum Gasteiger partial charge on any atom is 0.243 e. The number of carbonyl (C=O) groups excluding carboxylic acids is 2. The molecule has 1 aliphatic rings. The molecule has 2 amide bonds. The number of piperidine rings is 1. The number of aromatic nitrogens is 1. The zero-order valence-corrected chi connectivity index (χ0v) is 15.2. The van der Waals surface area contributed by atoms with E-state index in [1.54, 1.807) is 36.4 Å². The molecule has 27 heavy (non-hydrogen) atoms.